The van der Waals surface area contributed by atoms with Crippen LogP contribution in [0.3, 0.4) is 0 Å². The third-order valence-electron chi connectivity index (χ3n) is 7.03. The van der Waals surface area contributed by atoms with E-state index in [-0.39, 0.29) is 0 Å². The first-order valence-corrected chi connectivity index (χ1v) is 11.8. The lowest BCUT2D eigenvalue weighted by molar-refractivity contribution is 0.177. The van der Waals surface area contributed by atoms with E-state index in [9.17, 15) is 0 Å². The van der Waals surface area contributed by atoms with Gasteiger partial charge in [0.2, 0.25) is 0 Å². The topological polar surface area (TPSA) is 15.3 Å². The van der Waals surface area contributed by atoms with Crippen molar-refractivity contribution >= 4 is 23.1 Å². The summed E-state index contributed by atoms with van der Waals surface area (Å²) in [6.45, 7) is 10.4. The molecular weight excluding hydrogens is 360 g/mol. The van der Waals surface area contributed by atoms with Crippen LogP contribution in [0.1, 0.15) is 46.5 Å². The van der Waals surface area contributed by atoms with Gasteiger partial charge in [0.15, 0.2) is 0 Å². The lowest BCUT2D eigenvalue weighted by Crippen LogP contribution is -2.40. The minimum atomic E-state index is 0.502. The molecule has 0 radical (unpaired) electrons. The molecule has 0 amide bonds. The summed E-state index contributed by atoms with van der Waals surface area (Å²) in [5.74, 6) is 1.76. The van der Waals surface area contributed by atoms with Gasteiger partial charge >= 0.3 is 0 Å². The molecule has 0 aromatic heterocycles. The highest BCUT2D eigenvalue weighted by Crippen LogP contribution is 2.50. The Morgan fingerprint density at radius 3 is 2.29 bits per heavy atom. The number of nitrogens with zero attached hydrogens (tertiary/aromatic N) is 1. The summed E-state index contributed by atoms with van der Waals surface area (Å²) < 4.78 is 0. The molecule has 3 unspecified atom stereocenters. The maximum atomic E-state index is 3.86. The molecule has 1 aliphatic carbocycles. The van der Waals surface area contributed by atoms with Crippen molar-refractivity contribution in [3.8, 4) is 0 Å². The Hall–Kier alpha value is -1.45. The van der Waals surface area contributed by atoms with Gasteiger partial charge in [0.05, 0.1) is 11.4 Å². The Bertz CT molecular complexity index is 759. The van der Waals surface area contributed by atoms with Gasteiger partial charge in [-0.25, -0.2) is 0 Å². The third kappa shape index (κ3) is 3.71. The van der Waals surface area contributed by atoms with Crippen molar-refractivity contribution in [1.82, 2.24) is 5.32 Å². The van der Waals surface area contributed by atoms with Crippen molar-refractivity contribution in [3.63, 3.8) is 0 Å². The molecule has 1 heterocycles. The molecule has 2 aromatic rings. The van der Waals surface area contributed by atoms with Gasteiger partial charge < -0.3 is 10.2 Å². The van der Waals surface area contributed by atoms with Gasteiger partial charge in [-0.3, -0.25) is 0 Å². The van der Waals surface area contributed by atoms with E-state index in [1.807, 2.05) is 11.8 Å². The van der Waals surface area contributed by atoms with Crippen molar-refractivity contribution < 1.29 is 0 Å². The molecule has 0 bridgehead atoms. The van der Waals surface area contributed by atoms with Crippen molar-refractivity contribution in [1.29, 1.82) is 0 Å². The average Bonchev–Trinajstić information content (AvgIpc) is 3.06. The highest BCUT2D eigenvalue weighted by Gasteiger charge is 2.43. The SMILES string of the molecule is CCC1CC(C)CC1(CC)CNCCN1c2ccccc2Sc2ccccc21. The van der Waals surface area contributed by atoms with Gasteiger partial charge in [0.25, 0.3) is 0 Å². The summed E-state index contributed by atoms with van der Waals surface area (Å²) in [5, 5.41) is 3.86. The maximum absolute atomic E-state index is 3.86. The molecule has 2 aromatic carbocycles. The number of benzene rings is 2. The highest BCUT2D eigenvalue weighted by atomic mass is 32.2. The maximum Gasteiger partial charge on any atom is 0.0553 e. The molecule has 3 heteroatoms. The van der Waals surface area contributed by atoms with Crippen LogP contribution >= 0.6 is 11.8 Å². The molecule has 4 rings (SSSR count). The molecule has 0 saturated heterocycles. The van der Waals surface area contributed by atoms with Gasteiger partial charge in [-0.05, 0) is 60.8 Å². The normalized spacial score (nSPS) is 26.2. The second kappa shape index (κ2) is 8.51. The average molecular weight is 395 g/mol. The second-order valence-corrected chi connectivity index (χ2v) is 9.82. The molecule has 1 aliphatic heterocycles. The van der Waals surface area contributed by atoms with Crippen LogP contribution in [0, 0.1) is 17.3 Å². The van der Waals surface area contributed by atoms with E-state index in [0.717, 1.165) is 31.5 Å². The zero-order valence-corrected chi connectivity index (χ0v) is 18.4. The predicted molar refractivity (Wildman–Crippen MR) is 122 cm³/mol. The highest BCUT2D eigenvalue weighted by molar-refractivity contribution is 7.99. The van der Waals surface area contributed by atoms with Gasteiger partial charge in [-0.2, -0.15) is 0 Å². The molecule has 1 N–H and O–H groups in total. The molecule has 150 valence electrons. The fourth-order valence-electron chi connectivity index (χ4n) is 5.60. The Morgan fingerprint density at radius 2 is 1.68 bits per heavy atom. The monoisotopic (exact) mass is 394 g/mol. The summed E-state index contributed by atoms with van der Waals surface area (Å²) in [6, 6.07) is 17.6. The number of para-hydroxylation sites is 2. The van der Waals surface area contributed by atoms with Crippen LogP contribution in [0.4, 0.5) is 11.4 Å². The van der Waals surface area contributed by atoms with Crippen LogP contribution in [0.5, 0.6) is 0 Å². The first-order chi connectivity index (χ1) is 13.7. The number of hydrogen-bond donors (Lipinski definition) is 1. The zero-order valence-electron chi connectivity index (χ0n) is 17.6. The Kier molecular flexibility index (Phi) is 6.03. The Balaban J connectivity index is 1.44. The van der Waals surface area contributed by atoms with E-state index in [2.05, 4.69) is 79.5 Å². The third-order valence-corrected chi connectivity index (χ3v) is 8.16. The van der Waals surface area contributed by atoms with E-state index in [1.165, 1.54) is 46.8 Å². The van der Waals surface area contributed by atoms with Crippen LogP contribution in [0.25, 0.3) is 0 Å². The van der Waals surface area contributed by atoms with Gasteiger partial charge in [-0.15, -0.1) is 0 Å². The molecule has 1 saturated carbocycles. The first-order valence-electron chi connectivity index (χ1n) is 11.0. The lowest BCUT2D eigenvalue weighted by Gasteiger charge is -2.36. The number of rotatable bonds is 7. The number of anilines is 2. The molecule has 28 heavy (non-hydrogen) atoms. The quantitative estimate of drug-likeness (QED) is 0.524. The van der Waals surface area contributed by atoms with Gasteiger partial charge in [0, 0.05) is 29.4 Å². The van der Waals surface area contributed by atoms with E-state index in [0.29, 0.717) is 5.41 Å². The van der Waals surface area contributed by atoms with Crippen LogP contribution in [-0.2, 0) is 0 Å². The van der Waals surface area contributed by atoms with E-state index < -0.39 is 0 Å². The van der Waals surface area contributed by atoms with Crippen LogP contribution in [0.15, 0.2) is 58.3 Å². The zero-order chi connectivity index (χ0) is 19.6. The molecule has 0 spiro atoms. The first kappa shape index (κ1) is 19.8. The molecule has 2 aliphatic rings. The van der Waals surface area contributed by atoms with Crippen LogP contribution in [0.2, 0.25) is 0 Å². The number of nitrogens with one attached hydrogen (secondary N) is 1. The minimum Gasteiger partial charge on any atom is -0.338 e. The van der Waals surface area contributed by atoms with Gasteiger partial charge in [0.1, 0.15) is 0 Å². The predicted octanol–water partition coefficient (Wildman–Crippen LogP) is 6.73. The summed E-state index contributed by atoms with van der Waals surface area (Å²) in [5.41, 5.74) is 3.19. The van der Waals surface area contributed by atoms with E-state index >= 15 is 0 Å². The largest absolute Gasteiger partial charge is 0.338 e. The fourth-order valence-corrected chi connectivity index (χ4v) is 6.70. The summed E-state index contributed by atoms with van der Waals surface area (Å²) in [7, 11) is 0. The summed E-state index contributed by atoms with van der Waals surface area (Å²) in [4.78, 5) is 5.23. The molecule has 2 nitrogen and oxygen atoms in total. The lowest BCUT2D eigenvalue weighted by atomic mass is 9.74. The molecular formula is C25H34N2S. The van der Waals surface area contributed by atoms with Crippen LogP contribution in [-0.4, -0.2) is 19.6 Å². The number of fused-ring (bicyclic) bond motifs is 2. The Labute approximate surface area is 175 Å². The smallest absolute Gasteiger partial charge is 0.0553 e. The minimum absolute atomic E-state index is 0.502. The van der Waals surface area contributed by atoms with Crippen molar-refractivity contribution in [2.45, 2.75) is 56.2 Å². The van der Waals surface area contributed by atoms with E-state index in [4.69, 9.17) is 0 Å². The van der Waals surface area contributed by atoms with Crippen LogP contribution < -0.4 is 10.2 Å². The van der Waals surface area contributed by atoms with Crippen molar-refractivity contribution in [2.75, 3.05) is 24.5 Å². The van der Waals surface area contributed by atoms with Crippen molar-refractivity contribution in [2.24, 2.45) is 17.3 Å². The summed E-state index contributed by atoms with van der Waals surface area (Å²) in [6.07, 6.45) is 5.43. The van der Waals surface area contributed by atoms with Gasteiger partial charge in [-0.1, -0.05) is 63.2 Å². The standard InChI is InChI=1S/C25H34N2S/c1-4-20-16-19(3)17-25(20,5-2)18-26-14-15-27-21-10-6-8-12-23(21)28-24-13-9-7-11-22(24)27/h6-13,19-20,26H,4-5,14-18H2,1-3H3. The molecule has 1 fully saturated rings. The Morgan fingerprint density at radius 1 is 1.04 bits per heavy atom. The fraction of sp³-hybridized carbons (Fsp3) is 0.520. The molecule has 3 atom stereocenters. The second-order valence-electron chi connectivity index (χ2n) is 8.73. The summed E-state index contributed by atoms with van der Waals surface area (Å²) >= 11 is 1.89. The van der Waals surface area contributed by atoms with Crippen molar-refractivity contribution in [3.05, 3.63) is 48.5 Å². The van der Waals surface area contributed by atoms with E-state index in [1.54, 1.807) is 0 Å². The number of hydrogen-bond acceptors (Lipinski definition) is 3.